The second-order valence-electron chi connectivity index (χ2n) is 31.2. The number of hydrogen-bond acceptors (Lipinski definition) is 32. The standard InChI is InChI=1S/C92H77F12N5O27S3/c1-34(110)122-31-56-78(125-37(4)113)81(128-40(7)116)84(131-43(10)119)90(134-56)137-87-72(99)66(93)63(67(94)73(87)100)60-50-20-18-48(105-50)59(47-26-28-109(29-27-47)30-46-16-14-13-15-17-46)49-19-21-51(106-49)61(64-68(95)74(101)88(75(102)69(64)96)138-91-85(132-44(11)120)82(129-41(8)117)79(126-38(5)114)57(135-91)32-123-35(2)111)53-23-25-55(108-53)62(54-24-22-52(60)107-54)65-70(97)76(103)89(77(104)71(65)98)139-92-86(133-45(12)121)83(130-42(9)118)80(127-39(6)115)58(136-92)33-124-36(3)112/h13-29,56-58,78-86,90-92H,30-33H2,1-12H3,(H,105,106,107,108)/p+1/t56-,57-,58-,78-,79-,80-,81+,82+,83+,84-,85-,86-,90+,91+,92+/m1/s1. The van der Waals surface area contributed by atoms with Gasteiger partial charge in [-0.1, -0.05) is 65.6 Å². The number of H-pyrrole nitrogens is 2. The minimum atomic E-state index is -2.46. The van der Waals surface area contributed by atoms with Crippen molar-refractivity contribution in [1.82, 2.24) is 19.9 Å². The Morgan fingerprint density at radius 1 is 0.295 bits per heavy atom. The van der Waals surface area contributed by atoms with E-state index in [1.807, 2.05) is 0 Å². The van der Waals surface area contributed by atoms with Gasteiger partial charge in [0.05, 0.1) is 54.2 Å². The number of carbonyl (C=O) groups is 12. The first kappa shape index (κ1) is 103. The summed E-state index contributed by atoms with van der Waals surface area (Å²) in [7, 11) is 0. The second-order valence-corrected chi connectivity index (χ2v) is 34.5. The molecule has 13 rings (SSSR count). The highest BCUT2D eigenvalue weighted by atomic mass is 32.2. The lowest BCUT2D eigenvalue weighted by Crippen LogP contribution is -2.61. The Bertz CT molecular complexity index is 6320. The van der Waals surface area contributed by atoms with Gasteiger partial charge < -0.3 is 81.0 Å². The van der Waals surface area contributed by atoms with Crippen molar-refractivity contribution in [2.45, 2.75) is 194 Å². The van der Waals surface area contributed by atoms with Gasteiger partial charge in [-0.05, 0) is 54.1 Å². The third-order valence-corrected chi connectivity index (χ3v) is 24.7. The van der Waals surface area contributed by atoms with Crippen LogP contribution in [0.2, 0.25) is 0 Å². The van der Waals surface area contributed by atoms with Crippen molar-refractivity contribution < 1.29 is 186 Å². The van der Waals surface area contributed by atoms with E-state index in [9.17, 15) is 57.5 Å². The highest BCUT2D eigenvalue weighted by Crippen LogP contribution is 2.51. The third kappa shape index (κ3) is 22.5. The Hall–Kier alpha value is -13.6. The van der Waals surface area contributed by atoms with Crippen molar-refractivity contribution in [2.24, 2.45) is 0 Å². The fraction of sp³-hybridized carbons (Fsp3) is 0.337. The number of benzene rings is 4. The number of rotatable bonds is 27. The van der Waals surface area contributed by atoms with E-state index >= 15 is 52.7 Å². The SMILES string of the molecule is CC(=O)OC[C@H]1O[C@@H](Sc2c(F)c(F)c(-c3c4nc(c(-c5c(F)c(F)c(S[C@@H]6O[C@H](COC(C)=O)[C@@H](OC(C)=O)[C@H](OC(C)=O)[C@H]6OC(C)=O)c(F)c5F)c5ccc([nH]5)c(-c5c(F)c(F)c(S[C@@H]6O[C@H](COC(C)=O)[C@@H](OC(C)=O)[C@H](OC(C)=O)[C@H]6OC(C)=O)c(F)c5F)c5nc(c(-c6cc[n+](Cc7ccccc7)cc6)c6ccc3[nH]6)C=C5)C=C4)c(F)c2F)[C@H](OC(C)=O)[C@@H](OC(C)=O)[C@@H]1OC(C)=O. The Morgan fingerprint density at radius 3 is 0.784 bits per heavy atom. The molecular formula is C92H78F12N5O27S3+. The Labute approximate surface area is 790 Å². The summed E-state index contributed by atoms with van der Waals surface area (Å²) in [6.45, 7) is 7.75. The van der Waals surface area contributed by atoms with Gasteiger partial charge in [0.1, 0.15) is 54.4 Å². The van der Waals surface area contributed by atoms with Crippen molar-refractivity contribution in [3.63, 3.8) is 0 Å². The van der Waals surface area contributed by atoms with Gasteiger partial charge in [0.15, 0.2) is 144 Å². The summed E-state index contributed by atoms with van der Waals surface area (Å²) in [6.07, 6.45) is -16.9. The van der Waals surface area contributed by atoms with E-state index in [4.69, 9.17) is 76.0 Å². The fourth-order valence-electron chi connectivity index (χ4n) is 15.8. The van der Waals surface area contributed by atoms with E-state index in [-0.39, 0.29) is 64.2 Å². The molecule has 0 saturated carbocycles. The number of carbonyl (C=O) groups excluding carboxylic acids is 12. The molecule has 0 aliphatic carbocycles. The van der Waals surface area contributed by atoms with Crippen LogP contribution >= 0.6 is 35.3 Å². The van der Waals surface area contributed by atoms with Gasteiger partial charge in [-0.2, -0.15) is 0 Å². The van der Waals surface area contributed by atoms with Gasteiger partial charge in [0.25, 0.3) is 0 Å². The van der Waals surface area contributed by atoms with E-state index in [0.717, 1.165) is 131 Å². The van der Waals surface area contributed by atoms with E-state index in [0.29, 0.717) is 0 Å². The number of esters is 12. The van der Waals surface area contributed by atoms with Gasteiger partial charge in [-0.3, -0.25) is 57.5 Å². The van der Waals surface area contributed by atoms with Crippen LogP contribution in [-0.2, 0) is 135 Å². The number of pyridine rings is 1. The van der Waals surface area contributed by atoms with Crippen LogP contribution < -0.4 is 4.57 Å². The number of ether oxygens (including phenoxy) is 15. The van der Waals surface area contributed by atoms with Crippen LogP contribution in [0, 0.1) is 69.8 Å². The lowest BCUT2D eigenvalue weighted by atomic mass is 9.99. The minimum Gasteiger partial charge on any atom is -0.463 e. The number of hydrogen-bond donors (Lipinski definition) is 2. The fourth-order valence-corrected chi connectivity index (χ4v) is 19.3. The zero-order chi connectivity index (χ0) is 101. The molecule has 734 valence electrons. The predicted octanol–water partition coefficient (Wildman–Crippen LogP) is 13.9. The van der Waals surface area contributed by atoms with Crippen LogP contribution in [0.25, 0.3) is 90.9 Å². The summed E-state index contributed by atoms with van der Waals surface area (Å²) >= 11 is -0.809. The topological polar surface area (TPSA) is 405 Å². The molecule has 0 unspecified atom stereocenters. The van der Waals surface area contributed by atoms with Crippen molar-refractivity contribution in [1.29, 1.82) is 0 Å². The molecule has 15 atom stereocenters. The van der Waals surface area contributed by atoms with Gasteiger partial charge in [0, 0.05) is 145 Å². The number of nitrogens with one attached hydrogen (secondary N) is 2. The summed E-state index contributed by atoms with van der Waals surface area (Å²) in [5.41, 5.74) is -20.0. The molecule has 32 nitrogen and oxygen atoms in total. The zero-order valence-electron chi connectivity index (χ0n) is 74.4. The third-order valence-electron chi connectivity index (χ3n) is 21.1. The maximum absolute atomic E-state index is 18.5. The monoisotopic (exact) mass is 2010 g/mol. The maximum atomic E-state index is 18.5. The lowest BCUT2D eigenvalue weighted by molar-refractivity contribution is -0.688. The van der Waals surface area contributed by atoms with E-state index in [2.05, 4.69) is 15.0 Å². The van der Waals surface area contributed by atoms with Crippen molar-refractivity contribution in [3.05, 3.63) is 177 Å². The van der Waals surface area contributed by atoms with E-state index in [1.54, 1.807) is 47.3 Å². The van der Waals surface area contributed by atoms with Crippen LogP contribution in [0.3, 0.4) is 0 Å². The summed E-state index contributed by atoms with van der Waals surface area (Å²) in [5.74, 6) is -41.9. The Kier molecular flexibility index (Phi) is 31.9. The molecule has 2 N–H and O–H groups in total. The number of aromatic nitrogens is 5. The van der Waals surface area contributed by atoms with Crippen LogP contribution in [0.5, 0.6) is 0 Å². The lowest BCUT2D eigenvalue weighted by Gasteiger charge is -2.44. The molecule has 3 fully saturated rings. The van der Waals surface area contributed by atoms with Crippen LogP contribution in [0.4, 0.5) is 52.7 Å². The van der Waals surface area contributed by atoms with E-state index < -0.39 is 333 Å². The number of thioether (sulfide) groups is 3. The molecule has 0 radical (unpaired) electrons. The van der Waals surface area contributed by atoms with Gasteiger partial charge in [-0.15, -0.1) is 0 Å². The van der Waals surface area contributed by atoms with Crippen LogP contribution in [0.1, 0.15) is 111 Å². The molecule has 9 heterocycles. The second kappa shape index (κ2) is 43.2. The highest BCUT2D eigenvalue weighted by molar-refractivity contribution is 8.00. The maximum Gasteiger partial charge on any atom is 0.303 e. The molecule has 8 aromatic rings. The molecule has 5 aliphatic rings. The van der Waals surface area contributed by atoms with Crippen LogP contribution in [0.15, 0.2) is 93.8 Å². The Morgan fingerprint density at radius 2 is 0.532 bits per heavy atom. The molecule has 8 bridgehead atoms. The molecule has 4 aromatic heterocycles. The summed E-state index contributed by atoms with van der Waals surface area (Å²) < 4.78 is 303. The molecule has 139 heavy (non-hydrogen) atoms. The number of fused-ring (bicyclic) bond motifs is 8. The van der Waals surface area contributed by atoms with Crippen molar-refractivity contribution in [2.75, 3.05) is 19.8 Å². The smallest absolute Gasteiger partial charge is 0.303 e. The first-order chi connectivity index (χ1) is 65.8. The average Bonchev–Trinajstić information content (AvgIpc) is 1.59. The molecule has 0 amide bonds. The Balaban J connectivity index is 1.10. The quantitative estimate of drug-likeness (QED) is 0.0159. The number of nitrogens with zero attached hydrogens (tertiary/aromatic N) is 3. The summed E-state index contributed by atoms with van der Waals surface area (Å²) in [5, 5.41) is 0. The molecule has 47 heteroatoms. The first-order valence-electron chi connectivity index (χ1n) is 41.5. The minimum absolute atomic E-state index is 0.107. The van der Waals surface area contributed by atoms with Gasteiger partial charge >= 0.3 is 71.6 Å². The van der Waals surface area contributed by atoms with Crippen LogP contribution in [-0.4, -0.2) is 201 Å². The normalized spacial score (nSPS) is 21.4. The molecular weight excluding hydrogens is 1930 g/mol. The summed E-state index contributed by atoms with van der Waals surface area (Å²) in [4.78, 5) is 162. The zero-order valence-corrected chi connectivity index (χ0v) is 76.9. The largest absolute Gasteiger partial charge is 0.463 e. The molecule has 3 saturated heterocycles. The van der Waals surface area contributed by atoms with Crippen molar-refractivity contribution in [3.8, 4) is 44.5 Å². The van der Waals surface area contributed by atoms with E-state index in [1.165, 1.54) is 18.2 Å². The molecule has 5 aliphatic heterocycles. The molecule has 0 spiro atoms. The van der Waals surface area contributed by atoms with Crippen molar-refractivity contribution >= 4 is 153 Å². The predicted molar refractivity (Wildman–Crippen MR) is 459 cm³/mol. The van der Waals surface area contributed by atoms with Gasteiger partial charge in [0.2, 0.25) is 0 Å². The number of aromatic amines is 2. The first-order valence-corrected chi connectivity index (χ1v) is 44.1. The van der Waals surface area contributed by atoms with Gasteiger partial charge in [-0.25, -0.2) is 67.2 Å². The summed E-state index contributed by atoms with van der Waals surface area (Å²) in [6, 6.07) is 15.7. The molecule has 4 aromatic carbocycles. The average molecular weight is 2010 g/mol. The number of halogens is 12. The highest BCUT2D eigenvalue weighted by Gasteiger charge is 2.57.